The highest BCUT2D eigenvalue weighted by atomic mass is 32.2. The zero-order valence-corrected chi connectivity index (χ0v) is 13.7. The lowest BCUT2D eigenvalue weighted by Crippen LogP contribution is -2.17. The number of ketones is 1. The number of benzene rings is 2. The molecule has 23 heavy (non-hydrogen) atoms. The molecule has 0 radical (unpaired) electrons. The number of rotatable bonds is 5. The van der Waals surface area contributed by atoms with E-state index in [4.69, 9.17) is 5.14 Å². The Balaban J connectivity index is 2.47. The average molecular weight is 354 g/mol. The van der Waals surface area contributed by atoms with Crippen LogP contribution in [0.1, 0.15) is 17.3 Å². The quantitative estimate of drug-likeness (QED) is 0.784. The van der Waals surface area contributed by atoms with E-state index in [0.717, 1.165) is 6.07 Å². The molecule has 0 heterocycles. The number of hydrogen-bond acceptors (Lipinski definition) is 5. The number of para-hydroxylation sites is 1. The van der Waals surface area contributed by atoms with E-state index in [1.165, 1.54) is 37.3 Å². The summed E-state index contributed by atoms with van der Waals surface area (Å²) in [5.41, 5.74) is 0.319. The molecule has 0 fully saturated rings. The SMILES string of the molecule is CC(=O)c1ccccc1NS(=O)(=O)c1cccc(S(N)(=O)=O)c1. The molecule has 0 aliphatic carbocycles. The summed E-state index contributed by atoms with van der Waals surface area (Å²) < 4.78 is 49.7. The maximum absolute atomic E-state index is 12.4. The predicted molar refractivity (Wildman–Crippen MR) is 85.1 cm³/mol. The number of anilines is 1. The summed E-state index contributed by atoms with van der Waals surface area (Å²) in [5, 5.41) is 5.00. The van der Waals surface area contributed by atoms with Gasteiger partial charge in [0.05, 0.1) is 15.5 Å². The first-order valence-electron chi connectivity index (χ1n) is 6.37. The molecule has 0 amide bonds. The number of Topliss-reactive ketones (excluding diaryl/α,β-unsaturated/α-hetero) is 1. The van der Waals surface area contributed by atoms with E-state index in [1.54, 1.807) is 12.1 Å². The molecule has 0 aliphatic rings. The molecule has 0 spiro atoms. The van der Waals surface area contributed by atoms with Crippen LogP contribution >= 0.6 is 0 Å². The summed E-state index contributed by atoms with van der Waals surface area (Å²) in [6, 6.07) is 10.8. The Morgan fingerprint density at radius 1 is 0.957 bits per heavy atom. The van der Waals surface area contributed by atoms with Gasteiger partial charge in [0.25, 0.3) is 10.0 Å². The van der Waals surface area contributed by atoms with Crippen LogP contribution in [0.5, 0.6) is 0 Å². The van der Waals surface area contributed by atoms with Crippen molar-refractivity contribution in [1.82, 2.24) is 0 Å². The third kappa shape index (κ3) is 3.95. The second kappa shape index (κ2) is 6.11. The van der Waals surface area contributed by atoms with Crippen LogP contribution in [0.15, 0.2) is 58.3 Å². The minimum absolute atomic E-state index is 0.112. The first-order chi connectivity index (χ1) is 10.6. The molecule has 2 aromatic rings. The van der Waals surface area contributed by atoms with Crippen LogP contribution in [0.3, 0.4) is 0 Å². The average Bonchev–Trinajstić information content (AvgIpc) is 2.46. The van der Waals surface area contributed by atoms with Gasteiger partial charge in [-0.2, -0.15) is 0 Å². The summed E-state index contributed by atoms with van der Waals surface area (Å²) >= 11 is 0. The molecule has 7 nitrogen and oxygen atoms in total. The first kappa shape index (κ1) is 17.1. The van der Waals surface area contributed by atoms with Gasteiger partial charge in [-0.1, -0.05) is 18.2 Å². The van der Waals surface area contributed by atoms with E-state index >= 15 is 0 Å². The fourth-order valence-corrected chi connectivity index (χ4v) is 3.66. The number of nitrogens with one attached hydrogen (secondary N) is 1. The minimum atomic E-state index is -4.07. The molecule has 122 valence electrons. The van der Waals surface area contributed by atoms with Crippen molar-refractivity contribution in [3.63, 3.8) is 0 Å². The Kier molecular flexibility index (Phi) is 4.55. The van der Waals surface area contributed by atoms with Gasteiger partial charge in [0.2, 0.25) is 10.0 Å². The van der Waals surface area contributed by atoms with Crippen molar-refractivity contribution in [3.8, 4) is 0 Å². The van der Waals surface area contributed by atoms with Crippen molar-refractivity contribution in [3.05, 3.63) is 54.1 Å². The highest BCUT2D eigenvalue weighted by Gasteiger charge is 2.19. The summed E-state index contributed by atoms with van der Waals surface area (Å²) in [6.07, 6.45) is 0. The number of nitrogens with two attached hydrogens (primary N) is 1. The fourth-order valence-electron chi connectivity index (χ4n) is 1.90. The van der Waals surface area contributed by atoms with Crippen molar-refractivity contribution in [2.45, 2.75) is 16.7 Å². The lowest BCUT2D eigenvalue weighted by Gasteiger charge is -2.11. The molecule has 2 rings (SSSR count). The third-order valence-electron chi connectivity index (χ3n) is 3.00. The predicted octanol–water partition coefficient (Wildman–Crippen LogP) is 1.34. The van der Waals surface area contributed by atoms with Crippen molar-refractivity contribution in [2.75, 3.05) is 4.72 Å². The topological polar surface area (TPSA) is 123 Å². The van der Waals surface area contributed by atoms with Gasteiger partial charge in [0, 0.05) is 5.56 Å². The highest BCUT2D eigenvalue weighted by molar-refractivity contribution is 7.93. The number of hydrogen-bond donors (Lipinski definition) is 2. The molecule has 9 heteroatoms. The molecule has 0 aliphatic heterocycles. The Hall–Kier alpha value is -2.23. The lowest BCUT2D eigenvalue weighted by atomic mass is 10.1. The first-order valence-corrected chi connectivity index (χ1v) is 9.40. The van der Waals surface area contributed by atoms with Gasteiger partial charge < -0.3 is 0 Å². The molecule has 3 N–H and O–H groups in total. The number of sulfonamides is 2. The summed E-state index contributed by atoms with van der Waals surface area (Å²) in [6.45, 7) is 1.31. The fraction of sp³-hybridized carbons (Fsp3) is 0.0714. The molecular formula is C14H14N2O5S2. The van der Waals surface area contributed by atoms with Crippen LogP contribution in [0.4, 0.5) is 5.69 Å². The maximum Gasteiger partial charge on any atom is 0.261 e. The normalized spacial score (nSPS) is 11.9. The van der Waals surface area contributed by atoms with E-state index in [-0.39, 0.29) is 26.8 Å². The van der Waals surface area contributed by atoms with Gasteiger partial charge in [-0.15, -0.1) is 0 Å². The zero-order valence-electron chi connectivity index (χ0n) is 12.1. The molecular weight excluding hydrogens is 340 g/mol. The zero-order chi connectivity index (χ0) is 17.3. The maximum atomic E-state index is 12.4. The van der Waals surface area contributed by atoms with Gasteiger partial charge in [-0.3, -0.25) is 9.52 Å². The molecule has 0 atom stereocenters. The minimum Gasteiger partial charge on any atom is -0.294 e. The van der Waals surface area contributed by atoms with E-state index in [1.807, 2.05) is 0 Å². The van der Waals surface area contributed by atoms with Crippen LogP contribution in [0.25, 0.3) is 0 Å². The molecule has 0 aromatic heterocycles. The van der Waals surface area contributed by atoms with Gasteiger partial charge >= 0.3 is 0 Å². The van der Waals surface area contributed by atoms with Crippen molar-refractivity contribution in [1.29, 1.82) is 0 Å². The van der Waals surface area contributed by atoms with Crippen LogP contribution in [-0.4, -0.2) is 22.6 Å². The Morgan fingerprint density at radius 3 is 2.17 bits per heavy atom. The standard InChI is InChI=1S/C14H14N2O5S2/c1-10(17)13-7-2-3-8-14(13)16-23(20,21)12-6-4-5-11(9-12)22(15,18)19/h2-9,16H,1H3,(H2,15,18,19). The molecule has 0 saturated heterocycles. The molecule has 0 unspecified atom stereocenters. The third-order valence-corrected chi connectivity index (χ3v) is 5.27. The van der Waals surface area contributed by atoms with Gasteiger partial charge in [0.1, 0.15) is 0 Å². The van der Waals surface area contributed by atoms with Crippen LogP contribution < -0.4 is 9.86 Å². The highest BCUT2D eigenvalue weighted by Crippen LogP contribution is 2.21. The Morgan fingerprint density at radius 2 is 1.57 bits per heavy atom. The summed E-state index contributed by atoms with van der Waals surface area (Å²) in [4.78, 5) is 10.9. The summed E-state index contributed by atoms with van der Waals surface area (Å²) in [7, 11) is -8.10. The molecule has 0 bridgehead atoms. The van der Waals surface area contributed by atoms with Crippen LogP contribution in [0.2, 0.25) is 0 Å². The molecule has 0 saturated carbocycles. The van der Waals surface area contributed by atoms with E-state index in [9.17, 15) is 21.6 Å². The largest absolute Gasteiger partial charge is 0.294 e. The van der Waals surface area contributed by atoms with E-state index in [2.05, 4.69) is 4.72 Å². The smallest absolute Gasteiger partial charge is 0.261 e. The Bertz CT molecular complexity index is 966. The monoisotopic (exact) mass is 354 g/mol. The van der Waals surface area contributed by atoms with Gasteiger partial charge in [-0.05, 0) is 37.3 Å². The van der Waals surface area contributed by atoms with E-state index in [0.29, 0.717) is 0 Å². The Labute approximate surface area is 134 Å². The van der Waals surface area contributed by atoms with Crippen molar-refractivity contribution >= 4 is 31.5 Å². The number of carbonyl (C=O) groups excluding carboxylic acids is 1. The number of primary sulfonamides is 1. The van der Waals surface area contributed by atoms with E-state index < -0.39 is 20.0 Å². The van der Waals surface area contributed by atoms with Crippen molar-refractivity contribution in [2.24, 2.45) is 5.14 Å². The second-order valence-electron chi connectivity index (χ2n) is 4.73. The van der Waals surface area contributed by atoms with Crippen molar-refractivity contribution < 1.29 is 21.6 Å². The van der Waals surface area contributed by atoms with Gasteiger partial charge in [-0.25, -0.2) is 22.0 Å². The number of carbonyl (C=O) groups is 1. The van der Waals surface area contributed by atoms with Gasteiger partial charge in [0.15, 0.2) is 5.78 Å². The van der Waals surface area contributed by atoms with Crippen LogP contribution in [-0.2, 0) is 20.0 Å². The second-order valence-corrected chi connectivity index (χ2v) is 7.97. The van der Waals surface area contributed by atoms with Crippen LogP contribution in [0, 0.1) is 0 Å². The molecule has 2 aromatic carbocycles. The lowest BCUT2D eigenvalue weighted by molar-refractivity contribution is 0.101. The summed E-state index contributed by atoms with van der Waals surface area (Å²) in [5.74, 6) is -0.304.